The van der Waals surface area contributed by atoms with Crippen molar-refractivity contribution in [3.8, 4) is 11.5 Å². The van der Waals surface area contributed by atoms with Gasteiger partial charge in [0.15, 0.2) is 11.5 Å². The SMILES string of the molecule is COc1cc(C(C)N2CC(C)C(N)C2)ccc1O. The number of hydrogen-bond donors (Lipinski definition) is 2. The Balaban J connectivity index is 2.16. The summed E-state index contributed by atoms with van der Waals surface area (Å²) in [7, 11) is 1.57. The second kappa shape index (κ2) is 5.16. The molecule has 0 bridgehead atoms. The second-order valence-corrected chi connectivity index (χ2v) is 5.20. The monoisotopic (exact) mass is 250 g/mol. The lowest BCUT2D eigenvalue weighted by atomic mass is 10.1. The first-order chi connectivity index (χ1) is 8.52. The quantitative estimate of drug-likeness (QED) is 0.858. The summed E-state index contributed by atoms with van der Waals surface area (Å²) in [5.74, 6) is 1.24. The van der Waals surface area contributed by atoms with E-state index in [-0.39, 0.29) is 17.8 Å². The Kier molecular flexibility index (Phi) is 3.78. The average Bonchev–Trinajstić information content (AvgIpc) is 2.69. The van der Waals surface area contributed by atoms with E-state index in [0.29, 0.717) is 11.7 Å². The summed E-state index contributed by atoms with van der Waals surface area (Å²) in [4.78, 5) is 2.38. The molecule has 1 aromatic carbocycles. The van der Waals surface area contributed by atoms with Crippen LogP contribution in [0.25, 0.3) is 0 Å². The van der Waals surface area contributed by atoms with Gasteiger partial charge in [-0.3, -0.25) is 4.90 Å². The van der Waals surface area contributed by atoms with Crippen molar-refractivity contribution >= 4 is 0 Å². The number of phenols is 1. The third-order valence-corrected chi connectivity index (χ3v) is 3.93. The number of nitrogens with two attached hydrogens (primary N) is 1. The molecule has 1 aliphatic rings. The van der Waals surface area contributed by atoms with Gasteiger partial charge in [0, 0.05) is 25.2 Å². The maximum absolute atomic E-state index is 9.61. The molecule has 0 saturated carbocycles. The molecule has 3 atom stereocenters. The Morgan fingerprint density at radius 1 is 1.44 bits per heavy atom. The first-order valence-electron chi connectivity index (χ1n) is 6.39. The first kappa shape index (κ1) is 13.2. The molecule has 3 N–H and O–H groups in total. The third kappa shape index (κ3) is 2.44. The number of likely N-dealkylation sites (tertiary alicyclic amines) is 1. The fraction of sp³-hybridized carbons (Fsp3) is 0.571. The average molecular weight is 250 g/mol. The zero-order valence-electron chi connectivity index (χ0n) is 11.3. The van der Waals surface area contributed by atoms with Crippen molar-refractivity contribution in [1.82, 2.24) is 4.90 Å². The number of rotatable bonds is 3. The molecule has 100 valence electrons. The van der Waals surface area contributed by atoms with E-state index in [0.717, 1.165) is 18.7 Å². The van der Waals surface area contributed by atoms with Crippen LogP contribution in [0.15, 0.2) is 18.2 Å². The Bertz CT molecular complexity index is 412. The Morgan fingerprint density at radius 2 is 2.17 bits per heavy atom. The van der Waals surface area contributed by atoms with Gasteiger partial charge >= 0.3 is 0 Å². The lowest BCUT2D eigenvalue weighted by Crippen LogP contribution is -2.29. The van der Waals surface area contributed by atoms with Gasteiger partial charge in [0.05, 0.1) is 7.11 Å². The molecule has 1 aliphatic heterocycles. The summed E-state index contributed by atoms with van der Waals surface area (Å²) in [6.45, 7) is 6.29. The van der Waals surface area contributed by atoms with Gasteiger partial charge in [0.25, 0.3) is 0 Å². The van der Waals surface area contributed by atoms with Gasteiger partial charge in [-0.1, -0.05) is 13.0 Å². The van der Waals surface area contributed by atoms with Crippen molar-refractivity contribution in [1.29, 1.82) is 0 Å². The number of hydrogen-bond acceptors (Lipinski definition) is 4. The van der Waals surface area contributed by atoms with Crippen molar-refractivity contribution < 1.29 is 9.84 Å². The number of phenolic OH excluding ortho intramolecular Hbond substituents is 1. The highest BCUT2D eigenvalue weighted by Crippen LogP contribution is 2.32. The number of nitrogens with zero attached hydrogens (tertiary/aromatic N) is 1. The molecule has 1 saturated heterocycles. The normalized spacial score (nSPS) is 26.2. The Morgan fingerprint density at radius 3 is 2.72 bits per heavy atom. The van der Waals surface area contributed by atoms with Crippen molar-refractivity contribution in [3.63, 3.8) is 0 Å². The molecule has 3 unspecified atom stereocenters. The Labute approximate surface area is 108 Å². The van der Waals surface area contributed by atoms with Crippen LogP contribution in [0.5, 0.6) is 11.5 Å². The molecule has 0 radical (unpaired) electrons. The van der Waals surface area contributed by atoms with E-state index in [1.165, 1.54) is 0 Å². The molecule has 1 fully saturated rings. The summed E-state index contributed by atoms with van der Waals surface area (Å²) in [5.41, 5.74) is 7.20. The minimum Gasteiger partial charge on any atom is -0.504 e. The van der Waals surface area contributed by atoms with Crippen LogP contribution in [-0.4, -0.2) is 36.2 Å². The first-order valence-corrected chi connectivity index (χ1v) is 6.39. The van der Waals surface area contributed by atoms with Crippen LogP contribution in [0.1, 0.15) is 25.5 Å². The summed E-state index contributed by atoms with van der Waals surface area (Å²) in [6.07, 6.45) is 0. The van der Waals surface area contributed by atoms with E-state index in [9.17, 15) is 5.11 Å². The third-order valence-electron chi connectivity index (χ3n) is 3.93. The molecule has 0 amide bonds. The van der Waals surface area contributed by atoms with Gasteiger partial charge < -0.3 is 15.6 Å². The number of benzene rings is 1. The van der Waals surface area contributed by atoms with E-state index in [1.807, 2.05) is 12.1 Å². The highest BCUT2D eigenvalue weighted by atomic mass is 16.5. The zero-order valence-corrected chi connectivity index (χ0v) is 11.3. The number of methoxy groups -OCH3 is 1. The lowest BCUT2D eigenvalue weighted by molar-refractivity contribution is 0.252. The standard InChI is InChI=1S/C14H22N2O2/c1-9-7-16(8-12(9)15)10(2)11-4-5-13(17)14(6-11)18-3/h4-6,9-10,12,17H,7-8,15H2,1-3H3. The van der Waals surface area contributed by atoms with Crippen molar-refractivity contribution in [2.45, 2.75) is 25.9 Å². The molecule has 2 rings (SSSR count). The topological polar surface area (TPSA) is 58.7 Å². The summed E-state index contributed by atoms with van der Waals surface area (Å²) >= 11 is 0. The van der Waals surface area contributed by atoms with Crippen LogP contribution < -0.4 is 10.5 Å². The summed E-state index contributed by atoms with van der Waals surface area (Å²) in [5, 5.41) is 9.61. The van der Waals surface area contributed by atoms with Crippen LogP contribution in [0.3, 0.4) is 0 Å². The van der Waals surface area contributed by atoms with Crippen LogP contribution in [0.4, 0.5) is 0 Å². The van der Waals surface area contributed by atoms with Gasteiger partial charge in [-0.2, -0.15) is 0 Å². The highest BCUT2D eigenvalue weighted by molar-refractivity contribution is 5.42. The molecular weight excluding hydrogens is 228 g/mol. The molecule has 1 aromatic rings. The molecule has 4 heteroatoms. The second-order valence-electron chi connectivity index (χ2n) is 5.20. The van der Waals surface area contributed by atoms with Crippen LogP contribution in [-0.2, 0) is 0 Å². The van der Waals surface area contributed by atoms with E-state index in [2.05, 4.69) is 18.7 Å². The van der Waals surface area contributed by atoms with Gasteiger partial charge in [0.1, 0.15) is 0 Å². The molecule has 0 aliphatic carbocycles. The minimum atomic E-state index is 0.181. The predicted octanol–water partition coefficient (Wildman–Crippen LogP) is 1.74. The van der Waals surface area contributed by atoms with E-state index >= 15 is 0 Å². The largest absolute Gasteiger partial charge is 0.504 e. The number of ether oxygens (including phenoxy) is 1. The van der Waals surface area contributed by atoms with Crippen LogP contribution in [0.2, 0.25) is 0 Å². The fourth-order valence-corrected chi connectivity index (χ4v) is 2.51. The molecule has 18 heavy (non-hydrogen) atoms. The maximum Gasteiger partial charge on any atom is 0.160 e. The lowest BCUT2D eigenvalue weighted by Gasteiger charge is -2.25. The van der Waals surface area contributed by atoms with E-state index in [4.69, 9.17) is 10.5 Å². The Hall–Kier alpha value is -1.26. The van der Waals surface area contributed by atoms with Crippen LogP contribution in [0, 0.1) is 5.92 Å². The zero-order chi connectivity index (χ0) is 13.3. The smallest absolute Gasteiger partial charge is 0.160 e. The van der Waals surface area contributed by atoms with Gasteiger partial charge in [-0.25, -0.2) is 0 Å². The van der Waals surface area contributed by atoms with Gasteiger partial charge in [-0.05, 0) is 30.5 Å². The van der Waals surface area contributed by atoms with Crippen molar-refractivity contribution in [2.24, 2.45) is 11.7 Å². The molecular formula is C14H22N2O2. The maximum atomic E-state index is 9.61. The minimum absolute atomic E-state index is 0.181. The van der Waals surface area contributed by atoms with Crippen LogP contribution >= 0.6 is 0 Å². The molecule has 1 heterocycles. The molecule has 0 spiro atoms. The van der Waals surface area contributed by atoms with Crippen molar-refractivity contribution in [3.05, 3.63) is 23.8 Å². The summed E-state index contributed by atoms with van der Waals surface area (Å²) < 4.78 is 5.15. The molecule has 0 aromatic heterocycles. The van der Waals surface area contributed by atoms with Crippen molar-refractivity contribution in [2.75, 3.05) is 20.2 Å². The fourth-order valence-electron chi connectivity index (χ4n) is 2.51. The van der Waals surface area contributed by atoms with E-state index < -0.39 is 0 Å². The van der Waals surface area contributed by atoms with Gasteiger partial charge in [-0.15, -0.1) is 0 Å². The number of aromatic hydroxyl groups is 1. The summed E-state index contributed by atoms with van der Waals surface area (Å²) in [6, 6.07) is 6.07. The molecule has 4 nitrogen and oxygen atoms in total. The predicted molar refractivity (Wildman–Crippen MR) is 71.8 cm³/mol. The highest BCUT2D eigenvalue weighted by Gasteiger charge is 2.30. The van der Waals surface area contributed by atoms with E-state index in [1.54, 1.807) is 13.2 Å². The van der Waals surface area contributed by atoms with Gasteiger partial charge in [0.2, 0.25) is 0 Å².